The average Bonchev–Trinajstić information content (AvgIpc) is 2.84. The number of amides is 1. The molecule has 4 nitrogen and oxygen atoms in total. The summed E-state index contributed by atoms with van der Waals surface area (Å²) in [6.45, 7) is 2.75. The van der Waals surface area contributed by atoms with Gasteiger partial charge in [0.05, 0.1) is 6.61 Å². The molecule has 0 atom stereocenters. The van der Waals surface area contributed by atoms with Gasteiger partial charge in [-0.1, -0.05) is 61.5 Å². The van der Waals surface area contributed by atoms with Crippen molar-refractivity contribution in [3.63, 3.8) is 0 Å². The second-order valence-electron chi connectivity index (χ2n) is 7.62. The molecule has 3 rings (SSSR count). The molecule has 0 aliphatic rings. The molecule has 32 heavy (non-hydrogen) atoms. The van der Waals surface area contributed by atoms with Gasteiger partial charge in [0.1, 0.15) is 11.5 Å². The predicted octanol–water partition coefficient (Wildman–Crippen LogP) is 6.06. The van der Waals surface area contributed by atoms with Crippen LogP contribution in [0.4, 0.5) is 0 Å². The number of unbranched alkanes of at least 4 members (excludes halogenated alkanes) is 1. The second-order valence-corrected chi connectivity index (χ2v) is 7.62. The SMILES string of the molecule is CCC(=C(c1ccc(O)cc1)c1ccc(OCCCCC(=O)NC)cc1)c1ccccc1. The number of allylic oxidation sites excluding steroid dienone is 1. The lowest BCUT2D eigenvalue weighted by atomic mass is 9.88. The summed E-state index contributed by atoms with van der Waals surface area (Å²) in [5.74, 6) is 1.13. The molecule has 0 radical (unpaired) electrons. The summed E-state index contributed by atoms with van der Waals surface area (Å²) in [4.78, 5) is 11.3. The molecule has 0 fully saturated rings. The fraction of sp³-hybridized carbons (Fsp3) is 0.250. The molecule has 0 bridgehead atoms. The van der Waals surface area contributed by atoms with Crippen molar-refractivity contribution in [2.45, 2.75) is 32.6 Å². The molecule has 0 saturated carbocycles. The average molecular weight is 430 g/mol. The fourth-order valence-corrected chi connectivity index (χ4v) is 3.73. The van der Waals surface area contributed by atoms with Crippen molar-refractivity contribution in [1.29, 1.82) is 0 Å². The van der Waals surface area contributed by atoms with Crippen molar-refractivity contribution in [2.24, 2.45) is 0 Å². The van der Waals surface area contributed by atoms with E-state index in [-0.39, 0.29) is 11.7 Å². The van der Waals surface area contributed by atoms with E-state index in [9.17, 15) is 9.90 Å². The molecule has 3 aromatic carbocycles. The summed E-state index contributed by atoms with van der Waals surface area (Å²) < 4.78 is 5.87. The molecule has 0 aliphatic heterocycles. The first-order valence-electron chi connectivity index (χ1n) is 11.1. The molecule has 0 unspecified atom stereocenters. The van der Waals surface area contributed by atoms with E-state index in [0.717, 1.165) is 41.7 Å². The highest BCUT2D eigenvalue weighted by molar-refractivity contribution is 5.98. The number of benzene rings is 3. The highest BCUT2D eigenvalue weighted by Gasteiger charge is 2.13. The zero-order valence-electron chi connectivity index (χ0n) is 18.8. The maximum absolute atomic E-state index is 11.3. The minimum Gasteiger partial charge on any atom is -0.508 e. The first-order chi connectivity index (χ1) is 15.6. The number of nitrogens with one attached hydrogen (secondary N) is 1. The first kappa shape index (κ1) is 23.1. The number of phenols is 1. The third kappa shape index (κ3) is 6.24. The molecular formula is C28H31NO3. The van der Waals surface area contributed by atoms with Crippen LogP contribution in [-0.2, 0) is 4.79 Å². The van der Waals surface area contributed by atoms with Gasteiger partial charge < -0.3 is 15.2 Å². The zero-order valence-corrected chi connectivity index (χ0v) is 18.8. The van der Waals surface area contributed by atoms with Crippen molar-refractivity contribution in [3.05, 3.63) is 95.6 Å². The van der Waals surface area contributed by atoms with E-state index in [1.165, 1.54) is 11.1 Å². The van der Waals surface area contributed by atoms with Gasteiger partial charge in [0, 0.05) is 13.5 Å². The number of ether oxygens (including phenoxy) is 1. The van der Waals surface area contributed by atoms with Gasteiger partial charge >= 0.3 is 0 Å². The van der Waals surface area contributed by atoms with Crippen molar-refractivity contribution in [2.75, 3.05) is 13.7 Å². The lowest BCUT2D eigenvalue weighted by Gasteiger charge is -2.17. The van der Waals surface area contributed by atoms with Gasteiger partial charge in [-0.05, 0) is 71.4 Å². The van der Waals surface area contributed by atoms with Crippen LogP contribution in [0.2, 0.25) is 0 Å². The highest BCUT2D eigenvalue weighted by atomic mass is 16.5. The van der Waals surface area contributed by atoms with E-state index in [4.69, 9.17) is 4.74 Å². The standard InChI is InChI=1S/C28H31NO3/c1-3-26(21-9-5-4-6-10-21)28(22-12-16-24(30)17-13-22)23-14-18-25(19-15-23)32-20-8-7-11-27(31)29-2/h4-6,9-10,12-19,30H,3,7-8,11,20H2,1-2H3,(H,29,31). The second kappa shape index (κ2) is 11.8. The quantitative estimate of drug-likeness (QED) is 0.304. The molecule has 0 aromatic heterocycles. The lowest BCUT2D eigenvalue weighted by Crippen LogP contribution is -2.17. The molecule has 4 heteroatoms. The Morgan fingerprint density at radius 3 is 2.06 bits per heavy atom. The summed E-state index contributed by atoms with van der Waals surface area (Å²) >= 11 is 0. The van der Waals surface area contributed by atoms with Crippen LogP contribution in [-0.4, -0.2) is 24.7 Å². The van der Waals surface area contributed by atoms with Gasteiger partial charge in [-0.3, -0.25) is 4.79 Å². The normalized spacial score (nSPS) is 11.6. The molecule has 0 spiro atoms. The van der Waals surface area contributed by atoms with E-state index in [0.29, 0.717) is 13.0 Å². The van der Waals surface area contributed by atoms with Crippen molar-refractivity contribution in [1.82, 2.24) is 5.32 Å². The minimum absolute atomic E-state index is 0.0630. The largest absolute Gasteiger partial charge is 0.508 e. The Labute approximate surface area is 190 Å². The third-order valence-corrected chi connectivity index (χ3v) is 5.42. The van der Waals surface area contributed by atoms with Crippen LogP contribution in [0.1, 0.15) is 49.3 Å². The molecule has 1 amide bonds. The molecule has 3 aromatic rings. The monoisotopic (exact) mass is 429 g/mol. The maximum Gasteiger partial charge on any atom is 0.219 e. The van der Waals surface area contributed by atoms with E-state index in [1.807, 2.05) is 30.3 Å². The number of phenolic OH excluding ortho intramolecular Hbond substituents is 1. The number of hydrogen-bond acceptors (Lipinski definition) is 3. The number of carbonyl (C=O) groups is 1. The highest BCUT2D eigenvalue weighted by Crippen LogP contribution is 2.35. The van der Waals surface area contributed by atoms with E-state index >= 15 is 0 Å². The van der Waals surface area contributed by atoms with Crippen molar-refractivity contribution >= 4 is 17.1 Å². The number of carbonyl (C=O) groups excluding carboxylic acids is 1. The van der Waals surface area contributed by atoms with Crippen LogP contribution in [0.5, 0.6) is 11.5 Å². The van der Waals surface area contributed by atoms with Gasteiger partial charge in [-0.25, -0.2) is 0 Å². The predicted molar refractivity (Wildman–Crippen MR) is 131 cm³/mol. The van der Waals surface area contributed by atoms with Crippen LogP contribution < -0.4 is 10.1 Å². The first-order valence-corrected chi connectivity index (χ1v) is 11.1. The topological polar surface area (TPSA) is 58.6 Å². The maximum atomic E-state index is 11.3. The smallest absolute Gasteiger partial charge is 0.219 e. The Morgan fingerprint density at radius 1 is 0.844 bits per heavy atom. The van der Waals surface area contributed by atoms with Gasteiger partial charge in [0.15, 0.2) is 0 Å². The van der Waals surface area contributed by atoms with Gasteiger partial charge in [-0.2, -0.15) is 0 Å². The summed E-state index contributed by atoms with van der Waals surface area (Å²) in [5.41, 5.74) is 5.75. The Kier molecular flexibility index (Phi) is 8.50. The summed E-state index contributed by atoms with van der Waals surface area (Å²) in [7, 11) is 1.66. The zero-order chi connectivity index (χ0) is 22.8. The molecule has 0 aliphatic carbocycles. The Bertz CT molecular complexity index is 1020. The lowest BCUT2D eigenvalue weighted by molar-refractivity contribution is -0.120. The molecule has 2 N–H and O–H groups in total. The van der Waals surface area contributed by atoms with E-state index in [1.54, 1.807) is 19.2 Å². The van der Waals surface area contributed by atoms with Crippen molar-refractivity contribution in [3.8, 4) is 11.5 Å². The van der Waals surface area contributed by atoms with Gasteiger partial charge in [-0.15, -0.1) is 0 Å². The minimum atomic E-state index is 0.0630. The summed E-state index contributed by atoms with van der Waals surface area (Å²) in [6.07, 6.45) is 3.05. The van der Waals surface area contributed by atoms with Gasteiger partial charge in [0.25, 0.3) is 0 Å². The summed E-state index contributed by atoms with van der Waals surface area (Å²) in [6, 6.07) is 25.9. The fourth-order valence-electron chi connectivity index (χ4n) is 3.73. The van der Waals surface area contributed by atoms with Crippen LogP contribution in [0.3, 0.4) is 0 Å². The molecule has 0 heterocycles. The van der Waals surface area contributed by atoms with Crippen molar-refractivity contribution < 1.29 is 14.6 Å². The van der Waals surface area contributed by atoms with Crippen LogP contribution in [0.25, 0.3) is 11.1 Å². The Morgan fingerprint density at radius 2 is 1.47 bits per heavy atom. The van der Waals surface area contributed by atoms with Gasteiger partial charge in [0.2, 0.25) is 5.91 Å². The number of rotatable bonds is 10. The third-order valence-electron chi connectivity index (χ3n) is 5.42. The van der Waals surface area contributed by atoms with Crippen LogP contribution >= 0.6 is 0 Å². The van der Waals surface area contributed by atoms with E-state index < -0.39 is 0 Å². The number of aromatic hydroxyl groups is 1. The molecule has 0 saturated heterocycles. The van der Waals surface area contributed by atoms with Crippen LogP contribution in [0, 0.1) is 0 Å². The molecule has 166 valence electrons. The van der Waals surface area contributed by atoms with Crippen LogP contribution in [0.15, 0.2) is 78.9 Å². The molecular weight excluding hydrogens is 398 g/mol. The Balaban J connectivity index is 1.84. The van der Waals surface area contributed by atoms with E-state index in [2.05, 4.69) is 48.6 Å². The Hall–Kier alpha value is -3.53. The number of hydrogen-bond donors (Lipinski definition) is 2. The summed E-state index contributed by atoms with van der Waals surface area (Å²) in [5, 5.41) is 12.4.